The molecule has 2 aromatic rings. The Morgan fingerprint density at radius 2 is 2.24 bits per heavy atom. The van der Waals surface area contributed by atoms with Crippen molar-refractivity contribution in [1.29, 1.82) is 0 Å². The van der Waals surface area contributed by atoms with E-state index in [0.717, 1.165) is 56.7 Å². The van der Waals surface area contributed by atoms with Crippen LogP contribution in [0.15, 0.2) is 4.52 Å². The lowest BCUT2D eigenvalue weighted by molar-refractivity contribution is 0.0671. The SMILES string of the molecule is CCCc1nnsc1C(=O)N1CCCC(Cc2nc(C3CC3)no2)C1. The summed E-state index contributed by atoms with van der Waals surface area (Å²) in [5.74, 6) is 2.54. The van der Waals surface area contributed by atoms with E-state index in [1.807, 2.05) is 4.90 Å². The van der Waals surface area contributed by atoms with E-state index in [1.54, 1.807) is 0 Å². The van der Waals surface area contributed by atoms with Gasteiger partial charge in [-0.1, -0.05) is 23.0 Å². The fourth-order valence-corrected chi connectivity index (χ4v) is 4.11. The zero-order chi connectivity index (χ0) is 17.2. The Morgan fingerprint density at radius 3 is 3.04 bits per heavy atom. The third kappa shape index (κ3) is 3.73. The van der Waals surface area contributed by atoms with Crippen molar-refractivity contribution in [3.05, 3.63) is 22.3 Å². The van der Waals surface area contributed by atoms with Gasteiger partial charge in [0.15, 0.2) is 5.82 Å². The molecule has 1 amide bonds. The molecule has 0 N–H and O–H groups in total. The maximum atomic E-state index is 12.9. The lowest BCUT2D eigenvalue weighted by atomic mass is 9.94. The van der Waals surface area contributed by atoms with E-state index in [9.17, 15) is 4.79 Å². The zero-order valence-corrected chi connectivity index (χ0v) is 15.3. The predicted octanol–water partition coefficient (Wildman–Crippen LogP) is 2.85. The van der Waals surface area contributed by atoms with Crippen LogP contribution in [0, 0.1) is 5.92 Å². The van der Waals surface area contributed by atoms with Crippen LogP contribution in [0.5, 0.6) is 0 Å². The number of hydrogen-bond donors (Lipinski definition) is 0. The number of aryl methyl sites for hydroxylation is 1. The molecule has 2 aliphatic rings. The van der Waals surface area contributed by atoms with Crippen molar-refractivity contribution in [2.75, 3.05) is 13.1 Å². The van der Waals surface area contributed by atoms with Crippen LogP contribution in [0.2, 0.25) is 0 Å². The Bertz CT molecular complexity index is 739. The molecule has 7 nitrogen and oxygen atoms in total. The highest BCUT2D eigenvalue weighted by molar-refractivity contribution is 7.08. The summed E-state index contributed by atoms with van der Waals surface area (Å²) in [7, 11) is 0. The van der Waals surface area contributed by atoms with E-state index in [1.165, 1.54) is 24.4 Å². The van der Waals surface area contributed by atoms with Gasteiger partial charge in [-0.2, -0.15) is 4.98 Å². The monoisotopic (exact) mass is 361 g/mol. The summed E-state index contributed by atoms with van der Waals surface area (Å²) in [5.41, 5.74) is 0.839. The Labute approximate surface area is 151 Å². The molecule has 0 bridgehead atoms. The van der Waals surface area contributed by atoms with Crippen LogP contribution in [0.1, 0.15) is 72.0 Å². The number of hydrogen-bond acceptors (Lipinski definition) is 7. The summed E-state index contributed by atoms with van der Waals surface area (Å²) < 4.78 is 9.38. The summed E-state index contributed by atoms with van der Waals surface area (Å²) in [6.07, 6.45) is 6.98. The van der Waals surface area contributed by atoms with Gasteiger partial charge < -0.3 is 9.42 Å². The number of piperidine rings is 1. The smallest absolute Gasteiger partial charge is 0.267 e. The van der Waals surface area contributed by atoms with Gasteiger partial charge >= 0.3 is 0 Å². The number of likely N-dealkylation sites (tertiary alicyclic amines) is 1. The molecular weight excluding hydrogens is 338 g/mol. The number of nitrogens with zero attached hydrogens (tertiary/aromatic N) is 5. The summed E-state index contributed by atoms with van der Waals surface area (Å²) in [5, 5.41) is 8.21. The minimum Gasteiger partial charge on any atom is -0.339 e. The molecule has 134 valence electrons. The van der Waals surface area contributed by atoms with Crippen LogP contribution in [0.4, 0.5) is 0 Å². The second-order valence-electron chi connectivity index (χ2n) is 7.08. The van der Waals surface area contributed by atoms with Crippen molar-refractivity contribution >= 4 is 17.4 Å². The van der Waals surface area contributed by atoms with Crippen molar-refractivity contribution in [3.8, 4) is 0 Å². The highest BCUT2D eigenvalue weighted by Gasteiger charge is 2.31. The fraction of sp³-hybridized carbons (Fsp3) is 0.706. The standard InChI is InChI=1S/C17H23N5O2S/c1-2-4-13-15(25-21-19-13)17(23)22-8-3-5-11(10-22)9-14-18-16(20-24-14)12-6-7-12/h11-12H,2-10H2,1H3. The molecule has 0 aromatic carbocycles. The van der Waals surface area contributed by atoms with Crippen molar-refractivity contribution in [2.45, 2.75) is 57.8 Å². The highest BCUT2D eigenvalue weighted by atomic mass is 32.1. The third-order valence-electron chi connectivity index (χ3n) is 4.93. The normalized spacial score (nSPS) is 20.8. The maximum absolute atomic E-state index is 12.9. The molecule has 3 heterocycles. The Kier molecular flexibility index (Phi) is 4.78. The average Bonchev–Trinajstić information content (AvgIpc) is 3.20. The molecule has 1 aliphatic heterocycles. The van der Waals surface area contributed by atoms with Crippen LogP contribution in [-0.4, -0.2) is 43.6 Å². The van der Waals surface area contributed by atoms with Crippen LogP contribution in [-0.2, 0) is 12.8 Å². The summed E-state index contributed by atoms with van der Waals surface area (Å²) in [4.78, 5) is 20.0. The first kappa shape index (κ1) is 16.6. The van der Waals surface area contributed by atoms with E-state index in [0.29, 0.717) is 22.6 Å². The van der Waals surface area contributed by atoms with Gasteiger partial charge in [0.1, 0.15) is 4.88 Å². The first-order chi connectivity index (χ1) is 12.2. The van der Waals surface area contributed by atoms with Gasteiger partial charge in [-0.05, 0) is 49.6 Å². The lowest BCUT2D eigenvalue weighted by Crippen LogP contribution is -2.40. The van der Waals surface area contributed by atoms with Crippen LogP contribution >= 0.6 is 11.5 Å². The molecule has 1 saturated heterocycles. The molecule has 2 fully saturated rings. The van der Waals surface area contributed by atoms with Crippen molar-refractivity contribution in [3.63, 3.8) is 0 Å². The number of carbonyl (C=O) groups is 1. The molecule has 1 unspecified atom stereocenters. The first-order valence-corrected chi connectivity index (χ1v) is 9.95. The molecule has 4 rings (SSSR count). The van der Waals surface area contributed by atoms with E-state index in [-0.39, 0.29) is 5.91 Å². The Morgan fingerprint density at radius 1 is 1.36 bits per heavy atom. The minimum atomic E-state index is 0.0762. The molecule has 1 aliphatic carbocycles. The number of carbonyl (C=O) groups excluding carboxylic acids is 1. The molecule has 0 radical (unpaired) electrons. The zero-order valence-electron chi connectivity index (χ0n) is 14.5. The largest absolute Gasteiger partial charge is 0.339 e. The molecule has 1 saturated carbocycles. The van der Waals surface area contributed by atoms with Gasteiger partial charge in [0.2, 0.25) is 5.89 Å². The van der Waals surface area contributed by atoms with Crippen molar-refractivity contribution in [1.82, 2.24) is 24.6 Å². The molecule has 1 atom stereocenters. The maximum Gasteiger partial charge on any atom is 0.267 e. The summed E-state index contributed by atoms with van der Waals surface area (Å²) in [6.45, 7) is 3.63. The predicted molar refractivity (Wildman–Crippen MR) is 92.5 cm³/mol. The van der Waals surface area contributed by atoms with Crippen molar-refractivity contribution < 1.29 is 9.32 Å². The average molecular weight is 361 g/mol. The Balaban J connectivity index is 1.39. The van der Waals surface area contributed by atoms with Crippen LogP contribution in [0.25, 0.3) is 0 Å². The second kappa shape index (κ2) is 7.19. The first-order valence-electron chi connectivity index (χ1n) is 9.17. The molecule has 0 spiro atoms. The lowest BCUT2D eigenvalue weighted by Gasteiger charge is -2.32. The number of amides is 1. The van der Waals surface area contributed by atoms with Gasteiger partial charge in [0.25, 0.3) is 5.91 Å². The third-order valence-corrected chi connectivity index (χ3v) is 5.69. The quantitative estimate of drug-likeness (QED) is 0.786. The van der Waals surface area contributed by atoms with Gasteiger partial charge in [-0.25, -0.2) is 0 Å². The minimum absolute atomic E-state index is 0.0762. The van der Waals surface area contributed by atoms with Crippen LogP contribution in [0.3, 0.4) is 0 Å². The molecule has 8 heteroatoms. The topological polar surface area (TPSA) is 85.0 Å². The van der Waals surface area contributed by atoms with Gasteiger partial charge in [-0.15, -0.1) is 5.10 Å². The summed E-state index contributed by atoms with van der Waals surface area (Å²) >= 11 is 1.22. The van der Waals surface area contributed by atoms with E-state index in [4.69, 9.17) is 4.52 Å². The van der Waals surface area contributed by atoms with Gasteiger partial charge in [0, 0.05) is 25.4 Å². The fourth-order valence-electron chi connectivity index (χ4n) is 3.44. The van der Waals surface area contributed by atoms with Gasteiger partial charge in [0.05, 0.1) is 5.69 Å². The molecule has 2 aromatic heterocycles. The van der Waals surface area contributed by atoms with Crippen LogP contribution < -0.4 is 0 Å². The second-order valence-corrected chi connectivity index (χ2v) is 7.84. The number of aromatic nitrogens is 4. The molecular formula is C17H23N5O2S. The molecule has 25 heavy (non-hydrogen) atoms. The van der Waals surface area contributed by atoms with Crippen molar-refractivity contribution in [2.24, 2.45) is 5.92 Å². The van der Waals surface area contributed by atoms with Gasteiger partial charge in [-0.3, -0.25) is 4.79 Å². The highest BCUT2D eigenvalue weighted by Crippen LogP contribution is 2.38. The Hall–Kier alpha value is -1.83. The van der Waals surface area contributed by atoms with E-state index < -0.39 is 0 Å². The number of rotatable bonds is 6. The van der Waals surface area contributed by atoms with E-state index in [2.05, 4.69) is 26.7 Å². The summed E-state index contributed by atoms with van der Waals surface area (Å²) in [6, 6.07) is 0. The van der Waals surface area contributed by atoms with E-state index >= 15 is 0 Å².